The minimum atomic E-state index is -0.438. The Balaban J connectivity index is 1.84. The molecule has 0 amide bonds. The zero-order valence-corrected chi connectivity index (χ0v) is 13.0. The molecule has 2 heterocycles. The van der Waals surface area contributed by atoms with Crippen LogP contribution in [0.1, 0.15) is 5.89 Å². The first-order chi connectivity index (χ1) is 12.6. The molecule has 0 fully saturated rings. The second-order valence-corrected chi connectivity index (χ2v) is 5.34. The number of nitrogens with one attached hydrogen (secondary N) is 1. The Labute approximate surface area is 143 Å². The van der Waals surface area contributed by atoms with E-state index in [1.165, 1.54) is 6.33 Å². The molecule has 0 bridgehead atoms. The van der Waals surface area contributed by atoms with Gasteiger partial charge in [0.25, 0.3) is 5.56 Å². The van der Waals surface area contributed by atoms with Crippen LogP contribution < -0.4 is 16.2 Å². The Morgan fingerprint density at radius 3 is 2.76 bits per heavy atom. The zero-order chi connectivity index (χ0) is 18.1. The molecule has 3 N–H and O–H groups in total. The van der Waals surface area contributed by atoms with E-state index in [1.807, 2.05) is 41.3 Å². The van der Waals surface area contributed by atoms with Crippen LogP contribution in [0.2, 0.25) is 1.41 Å². The van der Waals surface area contributed by atoms with Gasteiger partial charge in [-0.15, -0.1) is 5.10 Å². The van der Waals surface area contributed by atoms with Gasteiger partial charge in [0.1, 0.15) is 6.54 Å². The lowest BCUT2D eigenvalue weighted by Crippen LogP contribution is -2.17. The molecule has 0 spiro atoms. The Kier molecular flexibility index (Phi) is 3.34. The first-order valence-corrected chi connectivity index (χ1v) is 7.53. The molecule has 2 aromatic heterocycles. The molecule has 0 aliphatic carbocycles. The number of nitrogens with two attached hydrogens (primary N) is 1. The number of nitrogen functional groups attached to an aromatic ring is 1. The Morgan fingerprint density at radius 2 is 2.00 bits per heavy atom. The van der Waals surface area contributed by atoms with Crippen molar-refractivity contribution in [2.75, 3.05) is 10.6 Å². The third-order valence-corrected chi connectivity index (χ3v) is 3.74. The molecule has 8 nitrogen and oxygen atoms in total. The highest BCUT2D eigenvalue weighted by Gasteiger charge is 2.15. The molecular formula is C17H14N6O2. The van der Waals surface area contributed by atoms with E-state index in [9.17, 15) is 4.79 Å². The maximum atomic E-state index is 12.3. The minimum absolute atomic E-state index is 0.00665. The number of hydrogen-bond donors (Lipinski definition) is 2. The van der Waals surface area contributed by atoms with E-state index in [0.29, 0.717) is 21.8 Å². The highest BCUT2D eigenvalue weighted by Crippen LogP contribution is 2.28. The molecule has 0 radical (unpaired) electrons. The standard InChI is InChI=1S/C17H14N6O2/c18-17-22-21-15(25-17)9-23(11-4-2-1-3-5-11)12-6-7-14-13(8-12)16(24)20-10-19-14/h1-8,10H,9H2,(H2,18,22)(H,19,20,24)/i/hD. The average molecular weight is 335 g/mol. The number of hydrogen-bond acceptors (Lipinski definition) is 7. The molecule has 2 aromatic carbocycles. The zero-order valence-electron chi connectivity index (χ0n) is 14.0. The number of fused-ring (bicyclic) bond motifs is 1. The van der Waals surface area contributed by atoms with Crippen LogP contribution in [0.15, 0.2) is 64.1 Å². The summed E-state index contributed by atoms with van der Waals surface area (Å²) in [6, 6.07) is 14.9. The molecule has 4 rings (SSSR count). The number of anilines is 3. The summed E-state index contributed by atoms with van der Waals surface area (Å²) in [7, 11) is 0. The smallest absolute Gasteiger partial charge is 0.312 e. The van der Waals surface area contributed by atoms with E-state index in [0.717, 1.165) is 11.4 Å². The average Bonchev–Trinajstić information content (AvgIpc) is 3.08. The van der Waals surface area contributed by atoms with E-state index >= 15 is 0 Å². The predicted molar refractivity (Wildman–Crippen MR) is 93.4 cm³/mol. The summed E-state index contributed by atoms with van der Waals surface area (Å²) >= 11 is 0. The first kappa shape index (κ1) is 13.7. The molecule has 8 heteroatoms. The normalized spacial score (nSPS) is 11.4. The molecule has 0 unspecified atom stereocenters. The summed E-state index contributed by atoms with van der Waals surface area (Å²) < 4.78 is 12.9. The van der Waals surface area contributed by atoms with Gasteiger partial charge in [0.15, 0.2) is 1.41 Å². The molecule has 0 atom stereocenters. The quantitative estimate of drug-likeness (QED) is 0.587. The van der Waals surface area contributed by atoms with Crippen LogP contribution in [-0.2, 0) is 6.54 Å². The largest absolute Gasteiger partial charge is 0.406 e. The van der Waals surface area contributed by atoms with Gasteiger partial charge in [0, 0.05) is 11.4 Å². The topological polar surface area (TPSA) is 114 Å². The highest BCUT2D eigenvalue weighted by molar-refractivity contribution is 5.83. The van der Waals surface area contributed by atoms with Crippen LogP contribution in [0, 0.1) is 0 Å². The van der Waals surface area contributed by atoms with Gasteiger partial charge in [-0.1, -0.05) is 23.3 Å². The van der Waals surface area contributed by atoms with Gasteiger partial charge < -0.3 is 20.0 Å². The summed E-state index contributed by atoms with van der Waals surface area (Å²) in [4.78, 5) is 19.0. The summed E-state index contributed by atoms with van der Waals surface area (Å²) in [5, 5.41) is 7.94. The molecule has 25 heavy (non-hydrogen) atoms. The Bertz CT molecular complexity index is 1130. The third-order valence-electron chi connectivity index (χ3n) is 3.74. The van der Waals surface area contributed by atoms with Crippen molar-refractivity contribution < 1.29 is 5.83 Å². The SMILES string of the molecule is [2H]n1cnc2ccc(N(Cc3nnc(N)o3)c3ccccc3)cc2c1=O. The van der Waals surface area contributed by atoms with Crippen molar-refractivity contribution in [3.63, 3.8) is 0 Å². The van der Waals surface area contributed by atoms with E-state index in [2.05, 4.69) is 15.2 Å². The van der Waals surface area contributed by atoms with Gasteiger partial charge >= 0.3 is 6.01 Å². The van der Waals surface area contributed by atoms with Crippen molar-refractivity contribution in [1.29, 1.82) is 0 Å². The van der Waals surface area contributed by atoms with Gasteiger partial charge in [-0.2, -0.15) is 0 Å². The van der Waals surface area contributed by atoms with Crippen molar-refractivity contribution in [1.82, 2.24) is 20.2 Å². The van der Waals surface area contributed by atoms with Gasteiger partial charge in [0.05, 0.1) is 17.2 Å². The van der Waals surface area contributed by atoms with Crippen LogP contribution >= 0.6 is 0 Å². The van der Waals surface area contributed by atoms with Crippen LogP contribution in [0.3, 0.4) is 0 Å². The maximum absolute atomic E-state index is 12.3. The van der Waals surface area contributed by atoms with Gasteiger partial charge in [-0.25, -0.2) is 4.98 Å². The summed E-state index contributed by atoms with van der Waals surface area (Å²) in [6.45, 7) is 0.273. The lowest BCUT2D eigenvalue weighted by Gasteiger charge is -2.23. The lowest BCUT2D eigenvalue weighted by atomic mass is 10.2. The van der Waals surface area contributed by atoms with Gasteiger partial charge in [-0.05, 0) is 30.3 Å². The molecular weight excluding hydrogens is 320 g/mol. The number of aromatic nitrogens is 4. The fourth-order valence-corrected chi connectivity index (χ4v) is 2.59. The molecule has 0 aliphatic rings. The minimum Gasteiger partial charge on any atom is -0.406 e. The maximum Gasteiger partial charge on any atom is 0.312 e. The van der Waals surface area contributed by atoms with Crippen LogP contribution in [-0.4, -0.2) is 20.2 Å². The van der Waals surface area contributed by atoms with Crippen molar-refractivity contribution in [3.8, 4) is 0 Å². The Morgan fingerprint density at radius 1 is 1.16 bits per heavy atom. The van der Waals surface area contributed by atoms with Crippen LogP contribution in [0.25, 0.3) is 10.9 Å². The monoisotopic (exact) mass is 335 g/mol. The van der Waals surface area contributed by atoms with Gasteiger partial charge in [-0.3, -0.25) is 4.79 Å². The summed E-state index contributed by atoms with van der Waals surface area (Å²) in [6.07, 6.45) is 1.18. The molecule has 0 saturated heterocycles. The fourth-order valence-electron chi connectivity index (χ4n) is 2.59. The molecule has 0 saturated carbocycles. The summed E-state index contributed by atoms with van der Waals surface area (Å²) in [5.41, 5.74) is 7.20. The number of H-pyrrole nitrogens is 1. The van der Waals surface area contributed by atoms with E-state index in [4.69, 9.17) is 11.6 Å². The van der Waals surface area contributed by atoms with Crippen LogP contribution in [0.4, 0.5) is 17.4 Å². The van der Waals surface area contributed by atoms with E-state index in [1.54, 1.807) is 12.1 Å². The first-order valence-electron chi connectivity index (χ1n) is 7.97. The molecule has 124 valence electrons. The second kappa shape index (κ2) is 6.08. The number of nitrogens with zero attached hydrogens (tertiary/aromatic N) is 4. The van der Waals surface area contributed by atoms with Crippen molar-refractivity contribution >= 4 is 28.3 Å². The summed E-state index contributed by atoms with van der Waals surface area (Å²) in [5.74, 6) is 0.343. The van der Waals surface area contributed by atoms with Crippen LogP contribution in [0.5, 0.6) is 0 Å². The lowest BCUT2D eigenvalue weighted by molar-refractivity contribution is 0.511. The predicted octanol–water partition coefficient (Wildman–Crippen LogP) is 2.23. The third kappa shape index (κ3) is 2.92. The Hall–Kier alpha value is -3.68. The molecule has 0 aliphatic heterocycles. The highest BCUT2D eigenvalue weighted by atomic mass is 16.4. The fraction of sp³-hybridized carbons (Fsp3) is 0.0588. The number of rotatable bonds is 4. The van der Waals surface area contributed by atoms with E-state index in [-0.39, 0.29) is 12.6 Å². The number of aromatic amines is 1. The van der Waals surface area contributed by atoms with Gasteiger partial charge in [0.2, 0.25) is 5.89 Å². The second-order valence-electron chi connectivity index (χ2n) is 5.34. The van der Waals surface area contributed by atoms with Crippen molar-refractivity contribution in [2.24, 2.45) is 0 Å². The van der Waals surface area contributed by atoms with Crippen molar-refractivity contribution in [3.05, 3.63) is 71.1 Å². The number of benzene rings is 2. The molecule has 4 aromatic rings. The number of para-hydroxylation sites is 1. The van der Waals surface area contributed by atoms with Crippen molar-refractivity contribution in [2.45, 2.75) is 6.54 Å². The van der Waals surface area contributed by atoms with E-state index < -0.39 is 5.56 Å².